The number of carboxylic acids is 1. The third kappa shape index (κ3) is 2.82. The summed E-state index contributed by atoms with van der Waals surface area (Å²) in [6, 6.07) is 5.63. The summed E-state index contributed by atoms with van der Waals surface area (Å²) >= 11 is 1.55. The van der Waals surface area contributed by atoms with E-state index >= 15 is 0 Å². The Morgan fingerprint density at radius 1 is 1.41 bits per heavy atom. The van der Waals surface area contributed by atoms with Crippen molar-refractivity contribution < 1.29 is 19.0 Å². The van der Waals surface area contributed by atoms with E-state index in [1.165, 1.54) is 12.1 Å². The van der Waals surface area contributed by atoms with Crippen molar-refractivity contribution in [2.24, 2.45) is 0 Å². The van der Waals surface area contributed by atoms with Crippen LogP contribution in [0.4, 0.5) is 4.39 Å². The first-order valence-corrected chi connectivity index (χ1v) is 5.78. The van der Waals surface area contributed by atoms with Crippen LogP contribution in [0.25, 0.3) is 0 Å². The van der Waals surface area contributed by atoms with Crippen LogP contribution in [0.2, 0.25) is 0 Å². The van der Waals surface area contributed by atoms with Gasteiger partial charge in [0.2, 0.25) is 0 Å². The number of rotatable bonds is 4. The predicted molar refractivity (Wildman–Crippen MR) is 62.0 cm³/mol. The Labute approximate surface area is 101 Å². The first-order chi connectivity index (χ1) is 8.16. The molecule has 0 spiro atoms. The molecular weight excluding hydrogens is 243 g/mol. The zero-order valence-corrected chi connectivity index (χ0v) is 9.54. The number of hydrogen-bond acceptors (Lipinski definition) is 3. The van der Waals surface area contributed by atoms with Crippen molar-refractivity contribution in [1.82, 2.24) is 0 Å². The maximum atomic E-state index is 13.3. The normalized spacial score (nSPS) is 10.2. The molecule has 1 heterocycles. The monoisotopic (exact) mass is 252 g/mol. The second-order valence-corrected chi connectivity index (χ2v) is 4.15. The van der Waals surface area contributed by atoms with Crippen molar-refractivity contribution in [3.05, 3.63) is 52.0 Å². The van der Waals surface area contributed by atoms with Gasteiger partial charge in [-0.25, -0.2) is 9.18 Å². The number of hydrogen-bond donors (Lipinski definition) is 1. The molecule has 0 aliphatic carbocycles. The maximum absolute atomic E-state index is 13.3. The Morgan fingerprint density at radius 3 is 2.82 bits per heavy atom. The molecule has 1 aromatic carbocycles. The third-order valence-corrected chi connectivity index (χ3v) is 2.89. The SMILES string of the molecule is O=C(O)c1ccc(OCc2ccsc2)cc1F. The molecule has 3 nitrogen and oxygen atoms in total. The number of halogens is 1. The van der Waals surface area contributed by atoms with E-state index in [0.717, 1.165) is 11.6 Å². The predicted octanol–water partition coefficient (Wildman–Crippen LogP) is 3.16. The number of ether oxygens (including phenoxy) is 1. The highest BCUT2D eigenvalue weighted by molar-refractivity contribution is 7.07. The lowest BCUT2D eigenvalue weighted by molar-refractivity contribution is 0.0692. The molecule has 0 fully saturated rings. The smallest absolute Gasteiger partial charge is 0.338 e. The minimum Gasteiger partial charge on any atom is -0.489 e. The van der Waals surface area contributed by atoms with Gasteiger partial charge >= 0.3 is 5.97 Å². The molecule has 0 saturated heterocycles. The Bertz CT molecular complexity index is 523. The second-order valence-electron chi connectivity index (χ2n) is 3.37. The summed E-state index contributed by atoms with van der Waals surface area (Å²) in [5.41, 5.74) is 0.644. The lowest BCUT2D eigenvalue weighted by Gasteiger charge is -2.05. The number of carbonyl (C=O) groups is 1. The Kier molecular flexibility index (Phi) is 3.39. The fraction of sp³-hybridized carbons (Fsp3) is 0.0833. The highest BCUT2D eigenvalue weighted by Gasteiger charge is 2.10. The van der Waals surface area contributed by atoms with Gasteiger partial charge in [0.05, 0.1) is 5.56 Å². The molecule has 0 radical (unpaired) electrons. The summed E-state index contributed by atoms with van der Waals surface area (Å²) in [4.78, 5) is 10.6. The van der Waals surface area contributed by atoms with Crippen LogP contribution in [0, 0.1) is 5.82 Å². The van der Waals surface area contributed by atoms with Crippen LogP contribution in [0.3, 0.4) is 0 Å². The van der Waals surface area contributed by atoms with Gasteiger partial charge in [0.1, 0.15) is 18.2 Å². The average molecular weight is 252 g/mol. The zero-order valence-electron chi connectivity index (χ0n) is 8.72. The molecule has 0 aliphatic rings. The Balaban J connectivity index is 2.07. The highest BCUT2D eigenvalue weighted by atomic mass is 32.1. The Hall–Kier alpha value is -1.88. The molecule has 17 heavy (non-hydrogen) atoms. The third-order valence-electron chi connectivity index (χ3n) is 2.16. The molecule has 1 aromatic heterocycles. The lowest BCUT2D eigenvalue weighted by Crippen LogP contribution is -2.01. The molecule has 2 aromatic rings. The van der Waals surface area contributed by atoms with Gasteiger partial charge in [-0.15, -0.1) is 0 Å². The number of carboxylic acid groups (broad SMARTS) is 1. The lowest BCUT2D eigenvalue weighted by atomic mass is 10.2. The maximum Gasteiger partial charge on any atom is 0.338 e. The first kappa shape index (κ1) is 11.6. The standard InChI is InChI=1S/C12H9FO3S/c13-11-5-9(1-2-10(11)12(14)15)16-6-8-3-4-17-7-8/h1-5,7H,6H2,(H,14,15). The first-order valence-electron chi connectivity index (χ1n) is 4.83. The molecule has 0 aliphatic heterocycles. The van der Waals surface area contributed by atoms with Crippen LogP contribution in [0.5, 0.6) is 5.75 Å². The zero-order chi connectivity index (χ0) is 12.3. The van der Waals surface area contributed by atoms with Gasteiger partial charge in [-0.2, -0.15) is 11.3 Å². The van der Waals surface area contributed by atoms with Gasteiger partial charge in [-0.1, -0.05) is 0 Å². The average Bonchev–Trinajstić information content (AvgIpc) is 2.78. The molecule has 2 rings (SSSR count). The van der Waals surface area contributed by atoms with Crippen molar-refractivity contribution in [2.75, 3.05) is 0 Å². The molecule has 0 amide bonds. The quantitative estimate of drug-likeness (QED) is 0.909. The van der Waals surface area contributed by atoms with Gasteiger partial charge in [0, 0.05) is 6.07 Å². The van der Waals surface area contributed by atoms with E-state index in [1.807, 2.05) is 16.8 Å². The van der Waals surface area contributed by atoms with Crippen molar-refractivity contribution in [2.45, 2.75) is 6.61 Å². The summed E-state index contributed by atoms with van der Waals surface area (Å²) in [6.07, 6.45) is 0. The van der Waals surface area contributed by atoms with Gasteiger partial charge in [-0.05, 0) is 34.5 Å². The highest BCUT2D eigenvalue weighted by Crippen LogP contribution is 2.18. The van der Waals surface area contributed by atoms with Crippen LogP contribution in [-0.2, 0) is 6.61 Å². The molecule has 0 bridgehead atoms. The van der Waals surface area contributed by atoms with Gasteiger partial charge < -0.3 is 9.84 Å². The van der Waals surface area contributed by atoms with Crippen molar-refractivity contribution in [3.63, 3.8) is 0 Å². The summed E-state index contributed by atoms with van der Waals surface area (Å²) in [7, 11) is 0. The van der Waals surface area contributed by atoms with Gasteiger partial charge in [-0.3, -0.25) is 0 Å². The van der Waals surface area contributed by atoms with Crippen LogP contribution < -0.4 is 4.74 Å². The summed E-state index contributed by atoms with van der Waals surface area (Å²) in [5, 5.41) is 12.5. The Morgan fingerprint density at radius 2 is 2.24 bits per heavy atom. The minimum atomic E-state index is -1.29. The summed E-state index contributed by atoms with van der Waals surface area (Å²) in [5.74, 6) is -1.76. The molecule has 88 valence electrons. The van der Waals surface area contributed by atoms with E-state index in [9.17, 15) is 9.18 Å². The van der Waals surface area contributed by atoms with E-state index in [0.29, 0.717) is 12.4 Å². The number of thiophene rings is 1. The molecule has 5 heteroatoms. The molecular formula is C12H9FO3S. The van der Waals surface area contributed by atoms with Gasteiger partial charge in [0.25, 0.3) is 0 Å². The van der Waals surface area contributed by atoms with E-state index in [-0.39, 0.29) is 5.56 Å². The van der Waals surface area contributed by atoms with E-state index in [1.54, 1.807) is 11.3 Å². The molecule has 0 unspecified atom stereocenters. The number of aromatic carboxylic acids is 1. The van der Waals surface area contributed by atoms with Crippen molar-refractivity contribution in [1.29, 1.82) is 0 Å². The largest absolute Gasteiger partial charge is 0.489 e. The summed E-state index contributed by atoms with van der Waals surface area (Å²) in [6.45, 7) is 0.343. The van der Waals surface area contributed by atoms with Crippen LogP contribution in [0.1, 0.15) is 15.9 Å². The van der Waals surface area contributed by atoms with E-state index in [4.69, 9.17) is 9.84 Å². The van der Waals surface area contributed by atoms with Crippen LogP contribution in [-0.4, -0.2) is 11.1 Å². The summed E-state index contributed by atoms with van der Waals surface area (Å²) < 4.78 is 18.6. The number of benzene rings is 1. The van der Waals surface area contributed by atoms with Crippen molar-refractivity contribution in [3.8, 4) is 5.75 Å². The van der Waals surface area contributed by atoms with Crippen molar-refractivity contribution >= 4 is 17.3 Å². The van der Waals surface area contributed by atoms with Gasteiger partial charge in [0.15, 0.2) is 0 Å². The topological polar surface area (TPSA) is 46.5 Å². The van der Waals surface area contributed by atoms with Crippen LogP contribution >= 0.6 is 11.3 Å². The molecule has 1 N–H and O–H groups in total. The fourth-order valence-corrected chi connectivity index (χ4v) is 1.95. The molecule has 0 atom stereocenters. The molecule has 0 saturated carbocycles. The van der Waals surface area contributed by atoms with Crippen LogP contribution in [0.15, 0.2) is 35.0 Å². The van der Waals surface area contributed by atoms with E-state index in [2.05, 4.69) is 0 Å². The second kappa shape index (κ2) is 4.97. The fourth-order valence-electron chi connectivity index (χ4n) is 1.30. The van der Waals surface area contributed by atoms with E-state index < -0.39 is 11.8 Å². The minimum absolute atomic E-state index is 0.318.